The van der Waals surface area contributed by atoms with Crippen molar-refractivity contribution in [3.63, 3.8) is 0 Å². The van der Waals surface area contributed by atoms with E-state index < -0.39 is 0 Å². The van der Waals surface area contributed by atoms with E-state index in [4.69, 9.17) is 0 Å². The van der Waals surface area contributed by atoms with Crippen LogP contribution < -0.4 is 4.90 Å². The molecule has 1 rings (SSSR count). The molecule has 0 fully saturated rings. The van der Waals surface area contributed by atoms with Gasteiger partial charge >= 0.3 is 0 Å². The van der Waals surface area contributed by atoms with Gasteiger partial charge in [-0.2, -0.15) is 0 Å². The molecule has 0 spiro atoms. The highest BCUT2D eigenvalue weighted by molar-refractivity contribution is 6.06. The lowest BCUT2D eigenvalue weighted by Gasteiger charge is -2.14. The van der Waals surface area contributed by atoms with Crippen molar-refractivity contribution in [2.45, 2.75) is 20.3 Å². The highest BCUT2D eigenvalue weighted by atomic mass is 16.2. The van der Waals surface area contributed by atoms with Crippen LogP contribution in [0.2, 0.25) is 0 Å². The largest absolute Gasteiger partial charge is 0.278 e. The third kappa shape index (κ3) is 2.19. The minimum absolute atomic E-state index is 0.189. The van der Waals surface area contributed by atoms with Crippen LogP contribution in [0.25, 0.3) is 0 Å². The second-order valence-electron chi connectivity index (χ2n) is 3.06. The molecule has 0 heterocycles. The lowest BCUT2D eigenvalue weighted by Crippen LogP contribution is -2.28. The van der Waals surface area contributed by atoms with Gasteiger partial charge in [0.15, 0.2) is 0 Å². The zero-order valence-corrected chi connectivity index (χ0v) is 8.36. The van der Waals surface area contributed by atoms with Gasteiger partial charge in [-0.1, -0.05) is 19.1 Å². The van der Waals surface area contributed by atoms with Gasteiger partial charge in [0.2, 0.25) is 12.3 Å². The molecule has 74 valence electrons. The van der Waals surface area contributed by atoms with E-state index >= 15 is 0 Å². The maximum Gasteiger partial charge on any atom is 0.233 e. The number of anilines is 1. The molecule has 0 saturated heterocycles. The second-order valence-corrected chi connectivity index (χ2v) is 3.06. The predicted molar refractivity (Wildman–Crippen MR) is 55.0 cm³/mol. The molecule has 14 heavy (non-hydrogen) atoms. The van der Waals surface area contributed by atoms with Gasteiger partial charge in [-0.25, -0.2) is 0 Å². The maximum absolute atomic E-state index is 11.3. The molecule has 0 aliphatic rings. The predicted octanol–water partition coefficient (Wildman–Crippen LogP) is 1.89. The fourth-order valence-corrected chi connectivity index (χ4v) is 1.21. The van der Waals surface area contributed by atoms with Crippen molar-refractivity contribution in [3.8, 4) is 0 Å². The van der Waals surface area contributed by atoms with E-state index in [9.17, 15) is 9.59 Å². The SMILES string of the molecule is CCC(=O)N(C=O)c1cccc(C)c1. The van der Waals surface area contributed by atoms with Crippen molar-refractivity contribution in [1.82, 2.24) is 0 Å². The van der Waals surface area contributed by atoms with Gasteiger partial charge < -0.3 is 0 Å². The summed E-state index contributed by atoms with van der Waals surface area (Å²) in [6.45, 7) is 3.65. The molecule has 0 atom stereocenters. The summed E-state index contributed by atoms with van der Waals surface area (Å²) in [6, 6.07) is 7.30. The number of amides is 2. The fraction of sp³-hybridized carbons (Fsp3) is 0.273. The molecule has 0 aliphatic heterocycles. The van der Waals surface area contributed by atoms with Crippen LogP contribution in [0.15, 0.2) is 24.3 Å². The summed E-state index contributed by atoms with van der Waals surface area (Å²) in [5, 5.41) is 0. The Morgan fingerprint density at radius 1 is 1.50 bits per heavy atom. The number of aryl methyl sites for hydroxylation is 1. The normalized spacial score (nSPS) is 9.57. The smallest absolute Gasteiger partial charge is 0.233 e. The molecule has 0 bridgehead atoms. The molecule has 0 N–H and O–H groups in total. The number of carbonyl (C=O) groups is 2. The van der Waals surface area contributed by atoms with Crippen molar-refractivity contribution >= 4 is 18.0 Å². The second kappa shape index (κ2) is 4.56. The van der Waals surface area contributed by atoms with Gasteiger partial charge in [0.05, 0.1) is 5.69 Å². The summed E-state index contributed by atoms with van der Waals surface area (Å²) in [7, 11) is 0. The van der Waals surface area contributed by atoms with Gasteiger partial charge in [0.25, 0.3) is 0 Å². The molecule has 1 aromatic carbocycles. The third-order valence-corrected chi connectivity index (χ3v) is 1.96. The highest BCUT2D eigenvalue weighted by Gasteiger charge is 2.11. The molecule has 2 amide bonds. The average Bonchev–Trinajstić information content (AvgIpc) is 2.19. The fourth-order valence-electron chi connectivity index (χ4n) is 1.21. The van der Waals surface area contributed by atoms with E-state index in [1.807, 2.05) is 25.1 Å². The van der Waals surface area contributed by atoms with E-state index in [-0.39, 0.29) is 5.91 Å². The van der Waals surface area contributed by atoms with Crippen molar-refractivity contribution in [2.24, 2.45) is 0 Å². The number of benzene rings is 1. The number of rotatable bonds is 3. The van der Waals surface area contributed by atoms with Gasteiger partial charge in [-0.05, 0) is 24.6 Å². The van der Waals surface area contributed by atoms with Crippen LogP contribution in [0.1, 0.15) is 18.9 Å². The van der Waals surface area contributed by atoms with Crippen molar-refractivity contribution < 1.29 is 9.59 Å². The first-order valence-electron chi connectivity index (χ1n) is 4.53. The summed E-state index contributed by atoms with van der Waals surface area (Å²) in [5.41, 5.74) is 1.66. The Hall–Kier alpha value is -1.64. The first kappa shape index (κ1) is 10.4. The maximum atomic E-state index is 11.3. The summed E-state index contributed by atoms with van der Waals surface area (Å²) in [5.74, 6) is -0.189. The molecular formula is C11H13NO2. The van der Waals surface area contributed by atoms with E-state index in [0.717, 1.165) is 10.5 Å². The lowest BCUT2D eigenvalue weighted by molar-refractivity contribution is -0.121. The van der Waals surface area contributed by atoms with Gasteiger partial charge in [-0.3, -0.25) is 14.5 Å². The van der Waals surface area contributed by atoms with Crippen LogP contribution in [0.4, 0.5) is 5.69 Å². The lowest BCUT2D eigenvalue weighted by atomic mass is 10.2. The molecular weight excluding hydrogens is 178 g/mol. The number of nitrogens with zero attached hydrogens (tertiary/aromatic N) is 1. The van der Waals surface area contributed by atoms with Gasteiger partial charge in [-0.15, -0.1) is 0 Å². The average molecular weight is 191 g/mol. The Kier molecular flexibility index (Phi) is 3.40. The zero-order valence-electron chi connectivity index (χ0n) is 8.36. The Morgan fingerprint density at radius 3 is 2.71 bits per heavy atom. The van der Waals surface area contributed by atoms with E-state index in [1.165, 1.54) is 0 Å². The molecule has 0 aliphatic carbocycles. The Bertz CT molecular complexity index is 347. The minimum atomic E-state index is -0.189. The molecule has 3 heteroatoms. The summed E-state index contributed by atoms with van der Waals surface area (Å²) in [4.78, 5) is 23.2. The molecule has 1 aromatic rings. The number of carbonyl (C=O) groups excluding carboxylic acids is 2. The molecule has 3 nitrogen and oxygen atoms in total. The van der Waals surface area contributed by atoms with E-state index in [1.54, 1.807) is 13.0 Å². The first-order valence-corrected chi connectivity index (χ1v) is 4.53. The third-order valence-electron chi connectivity index (χ3n) is 1.96. The van der Waals surface area contributed by atoms with Gasteiger partial charge in [0, 0.05) is 6.42 Å². The minimum Gasteiger partial charge on any atom is -0.278 e. The summed E-state index contributed by atoms with van der Waals surface area (Å²) < 4.78 is 0. The first-order chi connectivity index (χ1) is 6.69. The quantitative estimate of drug-likeness (QED) is 0.684. The molecule has 0 radical (unpaired) electrons. The van der Waals surface area contributed by atoms with Crippen molar-refractivity contribution in [3.05, 3.63) is 29.8 Å². The molecule has 0 aromatic heterocycles. The molecule has 0 saturated carbocycles. The topological polar surface area (TPSA) is 37.4 Å². The number of imide groups is 1. The molecule has 0 unspecified atom stereocenters. The van der Waals surface area contributed by atoms with Crippen molar-refractivity contribution in [1.29, 1.82) is 0 Å². The van der Waals surface area contributed by atoms with Crippen molar-refractivity contribution in [2.75, 3.05) is 4.90 Å². The summed E-state index contributed by atoms with van der Waals surface area (Å²) >= 11 is 0. The van der Waals surface area contributed by atoms with Crippen LogP contribution in [-0.4, -0.2) is 12.3 Å². The van der Waals surface area contributed by atoms with Crippen LogP contribution >= 0.6 is 0 Å². The monoisotopic (exact) mass is 191 g/mol. The van der Waals surface area contributed by atoms with Crippen LogP contribution in [-0.2, 0) is 9.59 Å². The Balaban J connectivity index is 3.00. The Morgan fingerprint density at radius 2 is 2.21 bits per heavy atom. The van der Waals surface area contributed by atoms with Crippen LogP contribution in [0.3, 0.4) is 0 Å². The summed E-state index contributed by atoms with van der Waals surface area (Å²) in [6.07, 6.45) is 0.882. The van der Waals surface area contributed by atoms with Gasteiger partial charge in [0.1, 0.15) is 0 Å². The zero-order chi connectivity index (χ0) is 10.6. The standard InChI is InChI=1S/C11H13NO2/c1-3-11(14)12(8-13)10-6-4-5-9(2)7-10/h4-8H,3H2,1-2H3. The van der Waals surface area contributed by atoms with Crippen LogP contribution in [0.5, 0.6) is 0 Å². The Labute approximate surface area is 83.3 Å². The van der Waals surface area contributed by atoms with Crippen LogP contribution in [0, 0.1) is 6.92 Å². The van der Waals surface area contributed by atoms with E-state index in [0.29, 0.717) is 18.5 Å². The number of hydrogen-bond acceptors (Lipinski definition) is 2. The van der Waals surface area contributed by atoms with E-state index in [2.05, 4.69) is 0 Å². The highest BCUT2D eigenvalue weighted by Crippen LogP contribution is 2.15. The number of hydrogen-bond donors (Lipinski definition) is 0.